The van der Waals surface area contributed by atoms with Crippen LogP contribution < -0.4 is 0 Å². The second kappa shape index (κ2) is 9.84. The van der Waals surface area contributed by atoms with Crippen LogP contribution in [-0.4, -0.2) is 0 Å². The van der Waals surface area contributed by atoms with Gasteiger partial charge >= 0.3 is 27.5 Å². The van der Waals surface area contributed by atoms with Crippen LogP contribution in [0.5, 0.6) is 0 Å². The average molecular weight is 178 g/mol. The average Bonchev–Trinajstić information content (AvgIpc) is 1.73. The maximum atomic E-state index is 8.34. The van der Waals surface area contributed by atoms with Crippen LogP contribution in [-0.2, 0) is 27.5 Å². The first-order valence-corrected chi connectivity index (χ1v) is 3.27. The van der Waals surface area contributed by atoms with Crippen LogP contribution in [0.3, 0.4) is 0 Å². The van der Waals surface area contributed by atoms with Crippen molar-refractivity contribution in [1.29, 1.82) is 0 Å². The minimum absolute atomic E-state index is 0.300. The van der Waals surface area contributed by atoms with Gasteiger partial charge in [-0.25, -0.2) is 0 Å². The van der Waals surface area contributed by atoms with E-state index in [1.807, 2.05) is 0 Å². The molecule has 0 aliphatic heterocycles. The molecule has 42 valence electrons. The summed E-state index contributed by atoms with van der Waals surface area (Å²) < 4.78 is 8.34. The van der Waals surface area contributed by atoms with Gasteiger partial charge in [0, 0.05) is 0 Å². The second-order valence-corrected chi connectivity index (χ2v) is 1.56. The van der Waals surface area contributed by atoms with E-state index >= 15 is 0 Å². The van der Waals surface area contributed by atoms with Gasteiger partial charge in [0.2, 0.25) is 0 Å². The fraction of sp³-hybridized carbons (Fsp3) is 0.800. The molecule has 0 atom stereocenters. The normalized spacial score (nSPS) is 7.29. The monoisotopic (exact) mass is 177 g/mol. The molecule has 0 saturated carbocycles. The fourth-order valence-electron chi connectivity index (χ4n) is 0. The molecule has 0 aliphatic rings. The Morgan fingerprint density at radius 3 is 1.57 bits per heavy atom. The first-order valence-electron chi connectivity index (χ1n) is 2.26. The van der Waals surface area contributed by atoms with Crippen molar-refractivity contribution in [2.45, 2.75) is 27.2 Å². The first-order chi connectivity index (χ1) is 3.27. The van der Waals surface area contributed by atoms with Crippen molar-refractivity contribution in [2.75, 3.05) is 0 Å². The van der Waals surface area contributed by atoms with Gasteiger partial charge in [-0.3, -0.25) is 0 Å². The first kappa shape index (κ1) is 10.6. The van der Waals surface area contributed by atoms with Crippen molar-refractivity contribution in [3.63, 3.8) is 0 Å². The molecule has 0 unspecified atom stereocenters. The Morgan fingerprint density at radius 2 is 1.57 bits per heavy atom. The third-order valence-electron chi connectivity index (χ3n) is 0.707. The molecule has 0 spiro atoms. The van der Waals surface area contributed by atoms with E-state index in [1.165, 1.54) is 12.3 Å². The van der Waals surface area contributed by atoms with Crippen LogP contribution in [0.1, 0.15) is 27.2 Å². The molecular weight excluding hydrogens is 167 g/mol. The minimum atomic E-state index is 0.300. The van der Waals surface area contributed by atoms with Crippen molar-refractivity contribution in [1.82, 2.24) is 0 Å². The molecule has 2 heteroatoms. The van der Waals surface area contributed by atoms with E-state index in [0.29, 0.717) is 24.7 Å². The molecular formula is C5H11OZr-. The van der Waals surface area contributed by atoms with Gasteiger partial charge in [-0.05, 0) is 0 Å². The number of hydrogen-bond acceptors (Lipinski definition) is 1. The van der Waals surface area contributed by atoms with E-state index in [4.69, 9.17) is 2.81 Å². The Labute approximate surface area is 60.8 Å². The fourth-order valence-corrected chi connectivity index (χ4v) is 0. The molecule has 0 aliphatic carbocycles. The summed E-state index contributed by atoms with van der Waals surface area (Å²) in [5.74, 6) is 1.50. The Bertz CT molecular complexity index is 29.3. The van der Waals surface area contributed by atoms with Crippen LogP contribution in [0, 0.1) is 5.92 Å². The summed E-state index contributed by atoms with van der Waals surface area (Å²) in [6.45, 7) is 6.44. The van der Waals surface area contributed by atoms with Crippen molar-refractivity contribution >= 4 is 0 Å². The standard InChI is InChI=1S/C5H11.O.Zr/c1-4-5(2)3;;/h4H2,1-3H3;;/q-1;;. The zero-order valence-corrected chi connectivity index (χ0v) is 7.57. The predicted molar refractivity (Wildman–Crippen MR) is 25.6 cm³/mol. The van der Waals surface area contributed by atoms with Crippen LogP contribution >= 0.6 is 0 Å². The molecule has 0 aromatic heterocycles. The Hall–Kier alpha value is 0.683. The van der Waals surface area contributed by atoms with Crippen molar-refractivity contribution in [2.24, 2.45) is 0 Å². The van der Waals surface area contributed by atoms with E-state index < -0.39 is 0 Å². The van der Waals surface area contributed by atoms with E-state index in [-0.39, 0.29) is 0 Å². The molecule has 0 bridgehead atoms. The summed E-state index contributed by atoms with van der Waals surface area (Å²) in [6.07, 6.45) is 1.22. The number of hydrogen-bond donors (Lipinski definition) is 0. The molecule has 0 fully saturated rings. The van der Waals surface area contributed by atoms with Crippen molar-refractivity contribution < 1.29 is 27.5 Å². The summed E-state index contributed by atoms with van der Waals surface area (Å²) >= 11 is 0.300. The Morgan fingerprint density at radius 1 is 1.43 bits per heavy atom. The van der Waals surface area contributed by atoms with Gasteiger partial charge < -0.3 is 5.92 Å². The Kier molecular flexibility index (Phi) is 14.9. The van der Waals surface area contributed by atoms with Crippen molar-refractivity contribution in [3.05, 3.63) is 5.92 Å². The second-order valence-electron chi connectivity index (χ2n) is 1.56. The van der Waals surface area contributed by atoms with Crippen LogP contribution in [0.2, 0.25) is 0 Å². The summed E-state index contributed by atoms with van der Waals surface area (Å²) in [6, 6.07) is 0. The summed E-state index contributed by atoms with van der Waals surface area (Å²) in [5, 5.41) is 0. The molecule has 1 nitrogen and oxygen atoms in total. The van der Waals surface area contributed by atoms with Gasteiger partial charge in [0.05, 0.1) is 0 Å². The number of rotatable bonds is 1. The quantitative estimate of drug-likeness (QED) is 0.560. The van der Waals surface area contributed by atoms with E-state index in [9.17, 15) is 0 Å². The molecule has 0 rings (SSSR count). The van der Waals surface area contributed by atoms with Gasteiger partial charge in [0.15, 0.2) is 0 Å². The molecule has 0 N–H and O–H groups in total. The summed E-state index contributed by atoms with van der Waals surface area (Å²) in [5.41, 5.74) is 0. The summed E-state index contributed by atoms with van der Waals surface area (Å²) in [7, 11) is 0. The van der Waals surface area contributed by atoms with E-state index in [1.54, 1.807) is 0 Å². The third kappa shape index (κ3) is 20.4. The van der Waals surface area contributed by atoms with Crippen LogP contribution in [0.25, 0.3) is 0 Å². The third-order valence-corrected chi connectivity index (χ3v) is 0.707. The van der Waals surface area contributed by atoms with E-state index in [0.717, 1.165) is 0 Å². The molecule has 0 saturated heterocycles. The predicted octanol–water partition coefficient (Wildman–Crippen LogP) is 1.89. The van der Waals surface area contributed by atoms with Crippen molar-refractivity contribution in [3.8, 4) is 0 Å². The van der Waals surface area contributed by atoms with Gasteiger partial charge in [0.1, 0.15) is 0 Å². The molecule has 0 radical (unpaired) electrons. The zero-order valence-electron chi connectivity index (χ0n) is 5.12. The Balaban J connectivity index is 0. The molecule has 0 heterocycles. The van der Waals surface area contributed by atoms with Gasteiger partial charge in [-0.2, -0.15) is 20.3 Å². The molecule has 0 aromatic rings. The van der Waals surface area contributed by atoms with Gasteiger partial charge in [-0.15, -0.1) is 0 Å². The molecule has 0 amide bonds. The van der Waals surface area contributed by atoms with Gasteiger partial charge in [-0.1, -0.05) is 6.92 Å². The molecule has 0 aromatic carbocycles. The van der Waals surface area contributed by atoms with Crippen LogP contribution in [0.15, 0.2) is 0 Å². The zero-order chi connectivity index (χ0) is 6.28. The SMILES string of the molecule is CC[C-](C)C.[O]=[Zr]. The topological polar surface area (TPSA) is 17.1 Å². The van der Waals surface area contributed by atoms with Gasteiger partial charge in [0.25, 0.3) is 0 Å². The molecule has 7 heavy (non-hydrogen) atoms. The van der Waals surface area contributed by atoms with E-state index in [2.05, 4.69) is 20.8 Å². The maximum absolute atomic E-state index is 8.34. The summed E-state index contributed by atoms with van der Waals surface area (Å²) in [4.78, 5) is 0. The van der Waals surface area contributed by atoms with Crippen LogP contribution in [0.4, 0.5) is 0 Å².